The summed E-state index contributed by atoms with van der Waals surface area (Å²) in [7, 11) is 1.67. The van der Waals surface area contributed by atoms with Gasteiger partial charge in [-0.3, -0.25) is 0 Å². The standard InChI is InChI=1S/C15H14O/c1-16-12-15(13-8-4-2-5-9-13)14-10-6-3-7-11-14/h2-12H,1H3. The van der Waals surface area contributed by atoms with Gasteiger partial charge in [-0.25, -0.2) is 0 Å². The van der Waals surface area contributed by atoms with Crippen molar-refractivity contribution in [1.82, 2.24) is 0 Å². The zero-order valence-electron chi connectivity index (χ0n) is 9.26. The highest BCUT2D eigenvalue weighted by Crippen LogP contribution is 2.22. The van der Waals surface area contributed by atoms with E-state index in [-0.39, 0.29) is 0 Å². The lowest BCUT2D eigenvalue weighted by molar-refractivity contribution is 0.340. The topological polar surface area (TPSA) is 9.23 Å². The minimum Gasteiger partial charge on any atom is -0.504 e. The van der Waals surface area contributed by atoms with Crippen molar-refractivity contribution in [1.29, 1.82) is 0 Å². The third-order valence-corrected chi connectivity index (χ3v) is 2.41. The molecule has 2 rings (SSSR count). The Morgan fingerprint density at radius 2 is 1.25 bits per heavy atom. The van der Waals surface area contributed by atoms with Gasteiger partial charge in [-0.15, -0.1) is 0 Å². The summed E-state index contributed by atoms with van der Waals surface area (Å²) in [5, 5.41) is 0. The van der Waals surface area contributed by atoms with Gasteiger partial charge in [-0.1, -0.05) is 60.7 Å². The van der Waals surface area contributed by atoms with Crippen molar-refractivity contribution in [3.63, 3.8) is 0 Å². The first-order valence-corrected chi connectivity index (χ1v) is 5.25. The van der Waals surface area contributed by atoms with Crippen molar-refractivity contribution in [2.45, 2.75) is 0 Å². The third-order valence-electron chi connectivity index (χ3n) is 2.41. The van der Waals surface area contributed by atoms with E-state index in [1.807, 2.05) is 36.4 Å². The molecule has 0 aliphatic carbocycles. The highest BCUT2D eigenvalue weighted by molar-refractivity contribution is 5.78. The van der Waals surface area contributed by atoms with Crippen molar-refractivity contribution >= 4 is 5.57 Å². The fourth-order valence-electron chi connectivity index (χ4n) is 1.66. The summed E-state index contributed by atoms with van der Waals surface area (Å²) in [5.41, 5.74) is 3.43. The molecule has 0 radical (unpaired) electrons. The lowest BCUT2D eigenvalue weighted by Gasteiger charge is -2.07. The van der Waals surface area contributed by atoms with Crippen LogP contribution in [0.25, 0.3) is 5.57 Å². The fraction of sp³-hybridized carbons (Fsp3) is 0.0667. The van der Waals surface area contributed by atoms with Crippen LogP contribution >= 0.6 is 0 Å². The molecule has 1 heteroatoms. The molecule has 1 nitrogen and oxygen atoms in total. The van der Waals surface area contributed by atoms with Crippen molar-refractivity contribution in [3.8, 4) is 0 Å². The van der Waals surface area contributed by atoms with E-state index in [0.717, 1.165) is 16.7 Å². The Morgan fingerprint density at radius 3 is 1.62 bits per heavy atom. The Bertz CT molecular complexity index is 416. The number of rotatable bonds is 3. The minimum absolute atomic E-state index is 1.10. The Balaban J connectivity index is 2.44. The van der Waals surface area contributed by atoms with Crippen LogP contribution < -0.4 is 0 Å². The summed E-state index contributed by atoms with van der Waals surface area (Å²) in [6.45, 7) is 0. The van der Waals surface area contributed by atoms with Crippen LogP contribution in [0.4, 0.5) is 0 Å². The minimum atomic E-state index is 1.10. The van der Waals surface area contributed by atoms with Crippen LogP contribution in [0, 0.1) is 0 Å². The van der Waals surface area contributed by atoms with E-state index < -0.39 is 0 Å². The maximum atomic E-state index is 5.15. The Kier molecular flexibility index (Phi) is 3.39. The average molecular weight is 210 g/mol. The summed E-state index contributed by atoms with van der Waals surface area (Å²) < 4.78 is 5.15. The predicted molar refractivity (Wildman–Crippen MR) is 67.0 cm³/mol. The molecular formula is C15H14O. The Hall–Kier alpha value is -2.02. The maximum Gasteiger partial charge on any atom is 0.0909 e. The molecule has 0 bridgehead atoms. The SMILES string of the molecule is COC=C(c1ccccc1)c1ccccc1. The van der Waals surface area contributed by atoms with E-state index in [2.05, 4.69) is 24.3 Å². The van der Waals surface area contributed by atoms with E-state index in [4.69, 9.17) is 4.74 Å². The van der Waals surface area contributed by atoms with Gasteiger partial charge in [-0.05, 0) is 11.1 Å². The molecule has 0 amide bonds. The molecule has 0 fully saturated rings. The molecule has 0 unspecified atom stereocenters. The molecule has 0 heterocycles. The van der Waals surface area contributed by atoms with Gasteiger partial charge < -0.3 is 4.74 Å². The van der Waals surface area contributed by atoms with Gasteiger partial charge in [0, 0.05) is 5.57 Å². The second-order valence-electron chi connectivity index (χ2n) is 3.50. The monoisotopic (exact) mass is 210 g/mol. The molecule has 0 aliphatic rings. The van der Waals surface area contributed by atoms with Gasteiger partial charge in [0.2, 0.25) is 0 Å². The molecule has 0 saturated heterocycles. The largest absolute Gasteiger partial charge is 0.504 e. The zero-order chi connectivity index (χ0) is 11.2. The van der Waals surface area contributed by atoms with Gasteiger partial charge in [-0.2, -0.15) is 0 Å². The van der Waals surface area contributed by atoms with Crippen LogP contribution in [0.5, 0.6) is 0 Å². The van der Waals surface area contributed by atoms with E-state index in [0.29, 0.717) is 0 Å². The molecule has 16 heavy (non-hydrogen) atoms. The number of benzene rings is 2. The second kappa shape index (κ2) is 5.17. The average Bonchev–Trinajstić information content (AvgIpc) is 2.38. The molecule has 2 aromatic rings. The Morgan fingerprint density at radius 1 is 0.812 bits per heavy atom. The van der Waals surface area contributed by atoms with Crippen LogP contribution in [0.3, 0.4) is 0 Å². The highest BCUT2D eigenvalue weighted by atomic mass is 16.5. The van der Waals surface area contributed by atoms with Crippen molar-refractivity contribution in [3.05, 3.63) is 78.1 Å². The highest BCUT2D eigenvalue weighted by Gasteiger charge is 2.03. The first-order valence-electron chi connectivity index (χ1n) is 5.25. The first kappa shape index (κ1) is 10.5. The number of methoxy groups -OCH3 is 1. The molecule has 80 valence electrons. The van der Waals surface area contributed by atoms with E-state index in [1.54, 1.807) is 13.4 Å². The molecule has 0 saturated carbocycles. The lowest BCUT2D eigenvalue weighted by atomic mass is 9.99. The van der Waals surface area contributed by atoms with Gasteiger partial charge >= 0.3 is 0 Å². The molecule has 2 aromatic carbocycles. The smallest absolute Gasteiger partial charge is 0.0909 e. The quantitative estimate of drug-likeness (QED) is 0.701. The van der Waals surface area contributed by atoms with Gasteiger partial charge in [0.05, 0.1) is 13.4 Å². The fourth-order valence-corrected chi connectivity index (χ4v) is 1.66. The zero-order valence-corrected chi connectivity index (χ0v) is 9.26. The molecule has 0 spiro atoms. The van der Waals surface area contributed by atoms with Crippen LogP contribution in [0.1, 0.15) is 11.1 Å². The molecule has 0 aliphatic heterocycles. The first-order chi connectivity index (χ1) is 7.92. The van der Waals surface area contributed by atoms with Crippen LogP contribution in [0.2, 0.25) is 0 Å². The summed E-state index contributed by atoms with van der Waals surface area (Å²) in [4.78, 5) is 0. The van der Waals surface area contributed by atoms with E-state index in [9.17, 15) is 0 Å². The maximum absolute atomic E-state index is 5.15. The van der Waals surface area contributed by atoms with Gasteiger partial charge in [0.25, 0.3) is 0 Å². The third kappa shape index (κ3) is 2.31. The van der Waals surface area contributed by atoms with E-state index in [1.165, 1.54) is 0 Å². The normalized spacial score (nSPS) is 9.56. The lowest BCUT2D eigenvalue weighted by Crippen LogP contribution is -1.88. The summed E-state index contributed by atoms with van der Waals surface area (Å²) in [6.07, 6.45) is 1.78. The molecular weight excluding hydrogens is 196 g/mol. The molecule has 0 aromatic heterocycles. The van der Waals surface area contributed by atoms with Gasteiger partial charge in [0.1, 0.15) is 0 Å². The number of hydrogen-bond donors (Lipinski definition) is 0. The predicted octanol–water partition coefficient (Wildman–Crippen LogP) is 3.72. The second-order valence-corrected chi connectivity index (χ2v) is 3.50. The van der Waals surface area contributed by atoms with E-state index >= 15 is 0 Å². The van der Waals surface area contributed by atoms with Gasteiger partial charge in [0.15, 0.2) is 0 Å². The molecule has 0 atom stereocenters. The summed E-state index contributed by atoms with van der Waals surface area (Å²) in [5.74, 6) is 0. The number of ether oxygens (including phenoxy) is 1. The Labute approximate surface area is 96.0 Å². The van der Waals surface area contributed by atoms with Crippen LogP contribution in [0.15, 0.2) is 66.9 Å². The van der Waals surface area contributed by atoms with Crippen molar-refractivity contribution in [2.75, 3.05) is 7.11 Å². The van der Waals surface area contributed by atoms with Crippen LogP contribution in [-0.2, 0) is 4.74 Å². The van der Waals surface area contributed by atoms with Crippen molar-refractivity contribution in [2.24, 2.45) is 0 Å². The summed E-state index contributed by atoms with van der Waals surface area (Å²) >= 11 is 0. The molecule has 0 N–H and O–H groups in total. The van der Waals surface area contributed by atoms with Crippen LogP contribution in [-0.4, -0.2) is 7.11 Å². The number of hydrogen-bond acceptors (Lipinski definition) is 1. The summed E-state index contributed by atoms with van der Waals surface area (Å²) in [6, 6.07) is 20.5. The van der Waals surface area contributed by atoms with Crippen molar-refractivity contribution < 1.29 is 4.74 Å².